The molecule has 0 saturated carbocycles. The van der Waals surface area contributed by atoms with Crippen molar-refractivity contribution in [3.8, 4) is 11.8 Å². The normalized spacial score (nSPS) is 14.2. The van der Waals surface area contributed by atoms with E-state index < -0.39 is 0 Å². The number of nitriles is 1. The standard InChI is InChI=1S/C29H34N6O2/c1-20-9-8-10-21(2)28(20)31-26(36)18-33-13-15-34(16-14-33)19-27(37)32-29-25(17-30)22(3)23(4)35(29)24-11-6-5-7-12-24/h5-12H,13-16,18-19H2,1-4H3,(H,31,36)(H,32,37). The summed E-state index contributed by atoms with van der Waals surface area (Å²) in [6.07, 6.45) is 0. The summed E-state index contributed by atoms with van der Waals surface area (Å²) in [7, 11) is 0. The maximum Gasteiger partial charge on any atom is 0.239 e. The third-order valence-electron chi connectivity index (χ3n) is 7.04. The molecule has 37 heavy (non-hydrogen) atoms. The van der Waals surface area contributed by atoms with Gasteiger partial charge < -0.3 is 10.6 Å². The van der Waals surface area contributed by atoms with E-state index in [0.717, 1.165) is 33.8 Å². The number of rotatable bonds is 7. The van der Waals surface area contributed by atoms with Crippen molar-refractivity contribution in [2.24, 2.45) is 0 Å². The number of carbonyl (C=O) groups is 2. The van der Waals surface area contributed by atoms with Gasteiger partial charge in [-0.25, -0.2) is 0 Å². The molecule has 2 aromatic carbocycles. The van der Waals surface area contributed by atoms with Crippen molar-refractivity contribution in [3.63, 3.8) is 0 Å². The molecule has 4 rings (SSSR count). The zero-order valence-electron chi connectivity index (χ0n) is 22.0. The molecule has 2 N–H and O–H groups in total. The molecule has 1 aromatic heterocycles. The van der Waals surface area contributed by atoms with Crippen LogP contribution in [0.4, 0.5) is 11.5 Å². The molecule has 0 bridgehead atoms. The zero-order valence-corrected chi connectivity index (χ0v) is 22.0. The van der Waals surface area contributed by atoms with Crippen LogP contribution in [0.5, 0.6) is 0 Å². The van der Waals surface area contributed by atoms with E-state index in [-0.39, 0.29) is 18.4 Å². The molecule has 0 atom stereocenters. The first-order valence-corrected chi connectivity index (χ1v) is 12.6. The summed E-state index contributed by atoms with van der Waals surface area (Å²) < 4.78 is 1.93. The summed E-state index contributed by atoms with van der Waals surface area (Å²) in [6.45, 7) is 11.2. The molecule has 0 spiro atoms. The fourth-order valence-corrected chi connectivity index (χ4v) is 4.83. The van der Waals surface area contributed by atoms with Gasteiger partial charge in [0.25, 0.3) is 0 Å². The lowest BCUT2D eigenvalue weighted by molar-refractivity contribution is -0.120. The van der Waals surface area contributed by atoms with E-state index in [1.165, 1.54) is 0 Å². The molecule has 1 fully saturated rings. The summed E-state index contributed by atoms with van der Waals surface area (Å²) >= 11 is 0. The number of carbonyl (C=O) groups excluding carboxylic acids is 2. The van der Waals surface area contributed by atoms with E-state index in [4.69, 9.17) is 0 Å². The molecule has 2 amide bonds. The van der Waals surface area contributed by atoms with Gasteiger partial charge in [0.05, 0.1) is 18.7 Å². The Morgan fingerprint density at radius 3 is 1.89 bits per heavy atom. The zero-order chi connectivity index (χ0) is 26.5. The highest BCUT2D eigenvalue weighted by Gasteiger charge is 2.24. The number of amides is 2. The van der Waals surface area contributed by atoms with Gasteiger partial charge in [-0.3, -0.25) is 24.0 Å². The number of hydrogen-bond donors (Lipinski definition) is 2. The highest BCUT2D eigenvalue weighted by molar-refractivity contribution is 5.94. The topological polar surface area (TPSA) is 93.4 Å². The minimum Gasteiger partial charge on any atom is -0.324 e. The third kappa shape index (κ3) is 5.91. The van der Waals surface area contributed by atoms with Crippen LogP contribution in [0, 0.1) is 39.0 Å². The monoisotopic (exact) mass is 498 g/mol. The fraction of sp³-hybridized carbons (Fsp3) is 0.345. The van der Waals surface area contributed by atoms with Crippen molar-refractivity contribution in [1.82, 2.24) is 14.4 Å². The number of anilines is 2. The fourth-order valence-electron chi connectivity index (χ4n) is 4.83. The van der Waals surface area contributed by atoms with Gasteiger partial charge in [0.1, 0.15) is 11.9 Å². The molecule has 2 heterocycles. The molecule has 0 unspecified atom stereocenters. The van der Waals surface area contributed by atoms with E-state index in [1.54, 1.807) is 0 Å². The summed E-state index contributed by atoms with van der Waals surface area (Å²) in [5.74, 6) is 0.322. The van der Waals surface area contributed by atoms with Gasteiger partial charge in [-0.15, -0.1) is 0 Å². The van der Waals surface area contributed by atoms with Crippen LogP contribution in [0.3, 0.4) is 0 Å². The second-order valence-corrected chi connectivity index (χ2v) is 9.63. The van der Waals surface area contributed by atoms with Crippen LogP contribution >= 0.6 is 0 Å². The van der Waals surface area contributed by atoms with Gasteiger partial charge in [0.15, 0.2) is 0 Å². The second-order valence-electron chi connectivity index (χ2n) is 9.63. The van der Waals surface area contributed by atoms with Crippen LogP contribution in [-0.4, -0.2) is 65.4 Å². The van der Waals surface area contributed by atoms with Gasteiger partial charge in [0, 0.05) is 43.2 Å². The van der Waals surface area contributed by atoms with Gasteiger partial charge in [-0.05, 0) is 56.5 Å². The molecule has 1 aliphatic rings. The highest BCUT2D eigenvalue weighted by Crippen LogP contribution is 2.30. The minimum atomic E-state index is -0.160. The average molecular weight is 499 g/mol. The Kier molecular flexibility index (Phi) is 8.07. The Hall–Kier alpha value is -3.93. The first kappa shape index (κ1) is 26.1. The van der Waals surface area contributed by atoms with Crippen LogP contribution in [-0.2, 0) is 9.59 Å². The Morgan fingerprint density at radius 2 is 1.35 bits per heavy atom. The van der Waals surface area contributed by atoms with Crippen molar-refractivity contribution in [2.75, 3.05) is 49.9 Å². The highest BCUT2D eigenvalue weighted by atomic mass is 16.2. The van der Waals surface area contributed by atoms with Crippen molar-refractivity contribution >= 4 is 23.3 Å². The van der Waals surface area contributed by atoms with E-state index >= 15 is 0 Å². The quantitative estimate of drug-likeness (QED) is 0.517. The van der Waals surface area contributed by atoms with E-state index in [9.17, 15) is 14.9 Å². The van der Waals surface area contributed by atoms with Gasteiger partial charge in [-0.1, -0.05) is 36.4 Å². The van der Waals surface area contributed by atoms with Crippen LogP contribution in [0.15, 0.2) is 48.5 Å². The number of benzene rings is 2. The number of hydrogen-bond acceptors (Lipinski definition) is 5. The van der Waals surface area contributed by atoms with Crippen molar-refractivity contribution in [2.45, 2.75) is 27.7 Å². The summed E-state index contributed by atoms with van der Waals surface area (Å²) in [4.78, 5) is 29.8. The van der Waals surface area contributed by atoms with Crippen LogP contribution in [0.2, 0.25) is 0 Å². The molecular formula is C29H34N6O2. The molecule has 192 valence electrons. The molecule has 0 aliphatic carbocycles. The van der Waals surface area contributed by atoms with Gasteiger partial charge >= 0.3 is 0 Å². The van der Waals surface area contributed by atoms with Crippen LogP contribution < -0.4 is 10.6 Å². The van der Waals surface area contributed by atoms with E-state index in [2.05, 4.69) is 26.5 Å². The molecule has 0 radical (unpaired) electrons. The molecular weight excluding hydrogens is 464 g/mol. The maximum atomic E-state index is 13.0. The smallest absolute Gasteiger partial charge is 0.239 e. The number of nitrogens with one attached hydrogen (secondary N) is 2. The first-order valence-electron chi connectivity index (χ1n) is 12.6. The molecule has 8 heteroatoms. The number of nitrogens with zero attached hydrogens (tertiary/aromatic N) is 4. The minimum absolute atomic E-state index is 0.0277. The van der Waals surface area contributed by atoms with Gasteiger partial charge in [-0.2, -0.15) is 5.26 Å². The largest absolute Gasteiger partial charge is 0.324 e. The summed E-state index contributed by atoms with van der Waals surface area (Å²) in [5.41, 5.74) is 6.13. The number of para-hydroxylation sites is 2. The Labute approximate surface area is 218 Å². The average Bonchev–Trinajstić information content (AvgIpc) is 3.11. The first-order chi connectivity index (χ1) is 17.8. The summed E-state index contributed by atoms with van der Waals surface area (Å²) in [5, 5.41) is 15.8. The van der Waals surface area contributed by atoms with E-state index in [0.29, 0.717) is 44.1 Å². The van der Waals surface area contributed by atoms with Crippen LogP contribution in [0.1, 0.15) is 27.9 Å². The predicted molar refractivity (Wildman–Crippen MR) is 146 cm³/mol. The predicted octanol–water partition coefficient (Wildman–Crippen LogP) is 3.78. The van der Waals surface area contributed by atoms with Crippen molar-refractivity contribution in [1.29, 1.82) is 5.26 Å². The third-order valence-corrected chi connectivity index (χ3v) is 7.04. The molecule has 1 aliphatic heterocycles. The lowest BCUT2D eigenvalue weighted by Crippen LogP contribution is -2.50. The SMILES string of the molecule is Cc1cccc(C)c1NC(=O)CN1CCN(CC(=O)Nc2c(C#N)c(C)c(C)n2-c2ccccc2)CC1. The lowest BCUT2D eigenvalue weighted by Gasteiger charge is -2.33. The number of aryl methyl sites for hydroxylation is 2. The molecule has 3 aromatic rings. The summed E-state index contributed by atoms with van der Waals surface area (Å²) in [6, 6.07) is 17.9. The molecule has 8 nitrogen and oxygen atoms in total. The molecule has 1 saturated heterocycles. The lowest BCUT2D eigenvalue weighted by atomic mass is 10.1. The van der Waals surface area contributed by atoms with Gasteiger partial charge in [0.2, 0.25) is 11.8 Å². The number of piperazine rings is 1. The van der Waals surface area contributed by atoms with Crippen molar-refractivity contribution in [3.05, 3.63) is 76.5 Å². The maximum absolute atomic E-state index is 13.0. The Balaban J connectivity index is 1.34. The van der Waals surface area contributed by atoms with Crippen molar-refractivity contribution < 1.29 is 9.59 Å². The Morgan fingerprint density at radius 1 is 0.811 bits per heavy atom. The number of aromatic nitrogens is 1. The van der Waals surface area contributed by atoms with Crippen LogP contribution in [0.25, 0.3) is 5.69 Å². The Bertz CT molecular complexity index is 1310. The second kappa shape index (κ2) is 11.4. The van der Waals surface area contributed by atoms with E-state index in [1.807, 2.05) is 80.8 Å².